The van der Waals surface area contributed by atoms with Crippen molar-refractivity contribution in [2.45, 2.75) is 72.6 Å². The topological polar surface area (TPSA) is 91.7 Å². The van der Waals surface area contributed by atoms with Gasteiger partial charge in [0.05, 0.1) is 0 Å². The zero-order chi connectivity index (χ0) is 16.4. The summed E-state index contributed by atoms with van der Waals surface area (Å²) < 4.78 is 0. The second kappa shape index (κ2) is 19.9. The van der Waals surface area contributed by atoms with Gasteiger partial charge in [-0.15, -0.1) is 0 Å². The van der Waals surface area contributed by atoms with E-state index in [1.54, 1.807) is 0 Å². The summed E-state index contributed by atoms with van der Waals surface area (Å²) in [5, 5.41) is 16.0. The van der Waals surface area contributed by atoms with Gasteiger partial charge in [0, 0.05) is 19.3 Å². The summed E-state index contributed by atoms with van der Waals surface area (Å²) in [6.45, 7) is 7.74. The van der Waals surface area contributed by atoms with Gasteiger partial charge < -0.3 is 15.0 Å². The van der Waals surface area contributed by atoms with E-state index in [1.165, 1.54) is 12.8 Å². The van der Waals surface area contributed by atoms with Crippen molar-refractivity contribution < 1.29 is 24.6 Å². The summed E-state index contributed by atoms with van der Waals surface area (Å²) in [7, 11) is 0. The maximum absolute atomic E-state index is 9.81. The van der Waals surface area contributed by atoms with Gasteiger partial charge in [-0.2, -0.15) is 0 Å². The minimum Gasteiger partial charge on any atom is -0.481 e. The lowest BCUT2D eigenvalue weighted by molar-refractivity contribution is -0.138. The Labute approximate surface area is 122 Å². The van der Waals surface area contributed by atoms with Crippen LogP contribution in [0.15, 0.2) is 0 Å². The van der Waals surface area contributed by atoms with Crippen molar-refractivity contribution in [3.05, 3.63) is 0 Å². The Kier molecular flexibility index (Phi) is 23.6. The molecule has 0 bridgehead atoms. The highest BCUT2D eigenvalue weighted by atomic mass is 16.4. The van der Waals surface area contributed by atoms with Gasteiger partial charge in [0.15, 0.2) is 0 Å². The molecule has 0 radical (unpaired) electrons. The number of carboxylic acid groups (broad SMARTS) is 2. The van der Waals surface area contributed by atoms with Crippen LogP contribution in [0.25, 0.3) is 0 Å². The summed E-state index contributed by atoms with van der Waals surface area (Å²) in [5.74, 6) is -1.15. The molecular weight excluding hydrogens is 260 g/mol. The third-order valence-electron chi connectivity index (χ3n) is 1.97. The van der Waals surface area contributed by atoms with Crippen LogP contribution in [-0.2, 0) is 14.4 Å². The van der Waals surface area contributed by atoms with Crippen LogP contribution in [0.3, 0.4) is 0 Å². The summed E-state index contributed by atoms with van der Waals surface area (Å²) >= 11 is 0. The van der Waals surface area contributed by atoms with Crippen LogP contribution in [0.2, 0.25) is 0 Å². The smallest absolute Gasteiger partial charge is 0.303 e. The summed E-state index contributed by atoms with van der Waals surface area (Å²) in [6.07, 6.45) is 6.49. The lowest BCUT2D eigenvalue weighted by Crippen LogP contribution is -1.99. The first-order valence-corrected chi connectivity index (χ1v) is 7.18. The van der Waals surface area contributed by atoms with E-state index < -0.39 is 11.9 Å². The Bertz CT molecular complexity index is 236. The molecule has 0 atom stereocenters. The fraction of sp³-hybridized carbons (Fsp3) is 0.800. The number of aliphatic carboxylic acids is 2. The Morgan fingerprint density at radius 2 is 1.55 bits per heavy atom. The minimum atomic E-state index is -0.713. The van der Waals surface area contributed by atoms with E-state index in [9.17, 15) is 14.4 Å². The molecule has 0 rings (SSSR count). The van der Waals surface area contributed by atoms with Crippen LogP contribution in [-0.4, -0.2) is 28.4 Å². The van der Waals surface area contributed by atoms with Crippen LogP contribution < -0.4 is 0 Å². The largest absolute Gasteiger partial charge is 0.481 e. The standard InChI is InChI=1S/C6H12O.C5H10O2.C4H8O2/c1-2-3-4-5-6-7;1-4(2)3-5(6)7;1-2-3-4(5)6/h6H,2-5H2,1H3;4H,3H2,1-2H3,(H,6,7);2-3H2,1H3,(H,5,6). The van der Waals surface area contributed by atoms with E-state index in [0.29, 0.717) is 6.42 Å². The highest BCUT2D eigenvalue weighted by molar-refractivity contribution is 5.66. The first-order chi connectivity index (χ1) is 9.31. The molecule has 0 amide bonds. The molecule has 120 valence electrons. The maximum Gasteiger partial charge on any atom is 0.303 e. The molecule has 0 saturated carbocycles. The van der Waals surface area contributed by atoms with Crippen molar-refractivity contribution >= 4 is 18.2 Å². The molecule has 0 saturated heterocycles. The second-order valence-corrected chi connectivity index (χ2v) is 4.80. The molecule has 0 spiro atoms. The Morgan fingerprint density at radius 3 is 1.70 bits per heavy atom. The lowest BCUT2D eigenvalue weighted by atomic mass is 10.1. The molecule has 0 heterocycles. The molecule has 0 aliphatic heterocycles. The third-order valence-corrected chi connectivity index (χ3v) is 1.97. The molecule has 0 aliphatic rings. The Morgan fingerprint density at radius 1 is 1.00 bits per heavy atom. The normalized spacial score (nSPS) is 8.85. The third kappa shape index (κ3) is 43.8. The molecule has 5 nitrogen and oxygen atoms in total. The summed E-state index contributed by atoms with van der Waals surface area (Å²) in [5.41, 5.74) is 0. The number of hydrogen-bond donors (Lipinski definition) is 2. The molecule has 5 heteroatoms. The van der Waals surface area contributed by atoms with Crippen molar-refractivity contribution in [3.8, 4) is 0 Å². The number of hydrogen-bond acceptors (Lipinski definition) is 3. The number of rotatable bonds is 8. The predicted molar refractivity (Wildman–Crippen MR) is 79.8 cm³/mol. The van der Waals surface area contributed by atoms with E-state index in [1.807, 2.05) is 20.8 Å². The molecular formula is C15H30O5. The van der Waals surface area contributed by atoms with Gasteiger partial charge in [0.25, 0.3) is 0 Å². The first-order valence-electron chi connectivity index (χ1n) is 7.18. The van der Waals surface area contributed by atoms with E-state index >= 15 is 0 Å². The first kappa shape index (κ1) is 23.7. The van der Waals surface area contributed by atoms with Gasteiger partial charge in [0.2, 0.25) is 0 Å². The molecule has 2 N–H and O–H groups in total. The predicted octanol–water partition coefficient (Wildman–Crippen LogP) is 3.75. The van der Waals surface area contributed by atoms with Crippen LogP contribution in [0.4, 0.5) is 0 Å². The van der Waals surface area contributed by atoms with Crippen molar-refractivity contribution in [1.82, 2.24) is 0 Å². The van der Waals surface area contributed by atoms with Crippen LogP contribution in [0, 0.1) is 5.92 Å². The average molecular weight is 290 g/mol. The fourth-order valence-electron chi connectivity index (χ4n) is 1.04. The molecule has 0 fully saturated rings. The number of carbonyl (C=O) groups is 3. The molecule has 0 aromatic rings. The Hall–Kier alpha value is -1.39. The van der Waals surface area contributed by atoms with E-state index in [0.717, 1.165) is 25.5 Å². The zero-order valence-electron chi connectivity index (χ0n) is 13.2. The number of unbranched alkanes of at least 4 members (excludes halogenated alkanes) is 3. The number of carbonyl (C=O) groups excluding carboxylic acids is 1. The SMILES string of the molecule is CC(C)CC(=O)O.CCCC(=O)O.CCCCCC=O. The highest BCUT2D eigenvalue weighted by Crippen LogP contribution is 1.96. The van der Waals surface area contributed by atoms with Gasteiger partial charge in [-0.1, -0.05) is 40.5 Å². The van der Waals surface area contributed by atoms with E-state index in [4.69, 9.17) is 10.2 Å². The maximum atomic E-state index is 9.81. The quantitative estimate of drug-likeness (QED) is 0.524. The molecule has 0 aromatic carbocycles. The molecule has 20 heavy (non-hydrogen) atoms. The van der Waals surface area contributed by atoms with Gasteiger partial charge in [0.1, 0.15) is 6.29 Å². The van der Waals surface area contributed by atoms with Crippen molar-refractivity contribution in [1.29, 1.82) is 0 Å². The second-order valence-electron chi connectivity index (χ2n) is 4.80. The summed E-state index contributed by atoms with van der Waals surface area (Å²) in [4.78, 5) is 29.1. The number of aldehydes is 1. The molecule has 0 unspecified atom stereocenters. The van der Waals surface area contributed by atoms with E-state index in [2.05, 4.69) is 6.92 Å². The van der Waals surface area contributed by atoms with Gasteiger partial charge in [-0.3, -0.25) is 9.59 Å². The van der Waals surface area contributed by atoms with Gasteiger partial charge in [-0.25, -0.2) is 0 Å². The zero-order valence-corrected chi connectivity index (χ0v) is 13.2. The van der Waals surface area contributed by atoms with Crippen LogP contribution >= 0.6 is 0 Å². The molecule has 0 aromatic heterocycles. The fourth-order valence-corrected chi connectivity index (χ4v) is 1.04. The highest BCUT2D eigenvalue weighted by Gasteiger charge is 1.98. The average Bonchev–Trinajstić information content (AvgIpc) is 2.29. The van der Waals surface area contributed by atoms with Crippen LogP contribution in [0.5, 0.6) is 0 Å². The minimum absolute atomic E-state index is 0.275. The lowest BCUT2D eigenvalue weighted by Gasteiger charge is -1.94. The van der Waals surface area contributed by atoms with Crippen molar-refractivity contribution in [2.24, 2.45) is 5.92 Å². The summed E-state index contributed by atoms with van der Waals surface area (Å²) in [6, 6.07) is 0. The monoisotopic (exact) mass is 290 g/mol. The van der Waals surface area contributed by atoms with Crippen molar-refractivity contribution in [2.75, 3.05) is 0 Å². The Balaban J connectivity index is -0.000000218. The van der Waals surface area contributed by atoms with Crippen LogP contribution in [0.1, 0.15) is 72.6 Å². The van der Waals surface area contributed by atoms with Crippen molar-refractivity contribution in [3.63, 3.8) is 0 Å². The van der Waals surface area contributed by atoms with Gasteiger partial charge >= 0.3 is 11.9 Å². The van der Waals surface area contributed by atoms with E-state index in [-0.39, 0.29) is 12.3 Å². The van der Waals surface area contributed by atoms with Gasteiger partial charge in [-0.05, 0) is 18.8 Å². The number of carboxylic acids is 2. The molecule has 0 aliphatic carbocycles.